The zero-order valence-electron chi connectivity index (χ0n) is 10.4. The van der Waals surface area contributed by atoms with Gasteiger partial charge >= 0.3 is 5.97 Å². The van der Waals surface area contributed by atoms with Gasteiger partial charge < -0.3 is 4.74 Å². The summed E-state index contributed by atoms with van der Waals surface area (Å²) in [6, 6.07) is 9.73. The van der Waals surface area contributed by atoms with Crippen LogP contribution in [0.15, 0.2) is 36.4 Å². The molecular formula is C15H20O2. The van der Waals surface area contributed by atoms with E-state index in [0.29, 0.717) is 6.61 Å². The molecule has 92 valence electrons. The van der Waals surface area contributed by atoms with E-state index < -0.39 is 0 Å². The molecule has 0 amide bonds. The van der Waals surface area contributed by atoms with Gasteiger partial charge in [0, 0.05) is 6.08 Å². The van der Waals surface area contributed by atoms with Crippen molar-refractivity contribution in [3.8, 4) is 0 Å². The Kier molecular flexibility index (Phi) is 6.80. The second-order valence-corrected chi connectivity index (χ2v) is 3.97. The van der Waals surface area contributed by atoms with Crippen molar-refractivity contribution in [3.63, 3.8) is 0 Å². The Morgan fingerprint density at radius 2 is 1.94 bits per heavy atom. The van der Waals surface area contributed by atoms with Gasteiger partial charge in [0.05, 0.1) is 6.61 Å². The van der Waals surface area contributed by atoms with Crippen molar-refractivity contribution < 1.29 is 9.53 Å². The van der Waals surface area contributed by atoms with E-state index in [1.807, 2.05) is 30.3 Å². The van der Waals surface area contributed by atoms with E-state index in [2.05, 4.69) is 6.92 Å². The van der Waals surface area contributed by atoms with Gasteiger partial charge in [0.2, 0.25) is 0 Å². The van der Waals surface area contributed by atoms with Gasteiger partial charge in [-0.2, -0.15) is 0 Å². The molecule has 0 bridgehead atoms. The lowest BCUT2D eigenvalue weighted by molar-refractivity contribution is -0.137. The van der Waals surface area contributed by atoms with E-state index in [4.69, 9.17) is 4.74 Å². The highest BCUT2D eigenvalue weighted by Gasteiger charge is 1.96. The maximum atomic E-state index is 11.3. The van der Waals surface area contributed by atoms with E-state index in [9.17, 15) is 4.79 Å². The summed E-state index contributed by atoms with van der Waals surface area (Å²) in [5.74, 6) is -0.259. The SMILES string of the molecule is CCCCCCOC(=O)/C=C/c1ccccc1. The maximum Gasteiger partial charge on any atom is 0.330 e. The predicted octanol–water partition coefficient (Wildman–Crippen LogP) is 3.82. The van der Waals surface area contributed by atoms with Crippen LogP contribution in [0.2, 0.25) is 0 Å². The molecule has 0 aliphatic heterocycles. The lowest BCUT2D eigenvalue weighted by atomic mass is 10.2. The number of rotatable bonds is 7. The first-order chi connectivity index (χ1) is 8.33. The molecule has 0 aliphatic rings. The average Bonchev–Trinajstić information content (AvgIpc) is 2.37. The molecular weight excluding hydrogens is 212 g/mol. The van der Waals surface area contributed by atoms with Crippen LogP contribution in [0.5, 0.6) is 0 Å². The summed E-state index contributed by atoms with van der Waals surface area (Å²) in [4.78, 5) is 11.3. The predicted molar refractivity (Wildman–Crippen MR) is 70.6 cm³/mol. The number of carbonyl (C=O) groups excluding carboxylic acids is 1. The minimum absolute atomic E-state index is 0.259. The van der Waals surface area contributed by atoms with Crippen molar-refractivity contribution in [2.24, 2.45) is 0 Å². The van der Waals surface area contributed by atoms with Crippen LogP contribution in [0, 0.1) is 0 Å². The van der Waals surface area contributed by atoms with Crippen LogP contribution in [-0.4, -0.2) is 12.6 Å². The molecule has 0 saturated heterocycles. The van der Waals surface area contributed by atoms with Gasteiger partial charge in [-0.3, -0.25) is 0 Å². The standard InChI is InChI=1S/C15H20O2/c1-2-3-4-8-13-17-15(16)12-11-14-9-6-5-7-10-14/h5-7,9-12H,2-4,8,13H2,1H3/b12-11+. The van der Waals surface area contributed by atoms with Gasteiger partial charge in [0.25, 0.3) is 0 Å². The van der Waals surface area contributed by atoms with E-state index in [1.54, 1.807) is 6.08 Å². The zero-order chi connectivity index (χ0) is 12.3. The van der Waals surface area contributed by atoms with Crippen LogP contribution in [0.1, 0.15) is 38.2 Å². The number of esters is 1. The molecule has 0 N–H and O–H groups in total. The summed E-state index contributed by atoms with van der Waals surface area (Å²) >= 11 is 0. The first-order valence-corrected chi connectivity index (χ1v) is 6.23. The van der Waals surface area contributed by atoms with Crippen LogP contribution in [0.4, 0.5) is 0 Å². The van der Waals surface area contributed by atoms with E-state index >= 15 is 0 Å². The molecule has 0 radical (unpaired) electrons. The second-order valence-electron chi connectivity index (χ2n) is 3.97. The summed E-state index contributed by atoms with van der Waals surface area (Å²) < 4.78 is 5.08. The summed E-state index contributed by atoms with van der Waals surface area (Å²) in [5.41, 5.74) is 1.01. The Hall–Kier alpha value is -1.57. The molecule has 1 aromatic rings. The van der Waals surface area contributed by atoms with Gasteiger partial charge in [0.15, 0.2) is 0 Å². The van der Waals surface area contributed by atoms with Crippen LogP contribution in [0.3, 0.4) is 0 Å². The van der Waals surface area contributed by atoms with Crippen molar-refractivity contribution in [1.29, 1.82) is 0 Å². The molecule has 0 fully saturated rings. The van der Waals surface area contributed by atoms with Gasteiger partial charge in [-0.15, -0.1) is 0 Å². The summed E-state index contributed by atoms with van der Waals surface area (Å²) in [5, 5.41) is 0. The highest BCUT2D eigenvalue weighted by molar-refractivity contribution is 5.86. The molecule has 0 spiro atoms. The highest BCUT2D eigenvalue weighted by Crippen LogP contribution is 2.02. The fraction of sp³-hybridized carbons (Fsp3) is 0.400. The lowest BCUT2D eigenvalue weighted by Gasteiger charge is -2.00. The highest BCUT2D eigenvalue weighted by atomic mass is 16.5. The molecule has 1 aromatic carbocycles. The van der Waals surface area contributed by atoms with Crippen molar-refractivity contribution in [2.75, 3.05) is 6.61 Å². The number of ether oxygens (including phenoxy) is 1. The van der Waals surface area contributed by atoms with Gasteiger partial charge in [-0.1, -0.05) is 56.5 Å². The maximum absolute atomic E-state index is 11.3. The topological polar surface area (TPSA) is 26.3 Å². The molecule has 0 heterocycles. The minimum Gasteiger partial charge on any atom is -0.463 e. The number of hydrogen-bond donors (Lipinski definition) is 0. The summed E-state index contributed by atoms with van der Waals surface area (Å²) in [6.07, 6.45) is 7.74. The molecule has 2 heteroatoms. The van der Waals surface area contributed by atoms with Crippen molar-refractivity contribution in [2.45, 2.75) is 32.6 Å². The molecule has 0 unspecified atom stereocenters. The van der Waals surface area contributed by atoms with E-state index in [0.717, 1.165) is 18.4 Å². The Morgan fingerprint density at radius 1 is 1.18 bits per heavy atom. The number of benzene rings is 1. The van der Waals surface area contributed by atoms with Crippen LogP contribution >= 0.6 is 0 Å². The van der Waals surface area contributed by atoms with Crippen LogP contribution < -0.4 is 0 Å². The molecule has 0 aliphatic carbocycles. The first kappa shape index (κ1) is 13.5. The molecule has 17 heavy (non-hydrogen) atoms. The van der Waals surface area contributed by atoms with Crippen LogP contribution in [-0.2, 0) is 9.53 Å². The lowest BCUT2D eigenvalue weighted by Crippen LogP contribution is -2.02. The van der Waals surface area contributed by atoms with Crippen molar-refractivity contribution in [3.05, 3.63) is 42.0 Å². The number of hydrogen-bond acceptors (Lipinski definition) is 2. The third kappa shape index (κ3) is 6.56. The fourth-order valence-electron chi connectivity index (χ4n) is 1.48. The average molecular weight is 232 g/mol. The Labute approximate surface area is 103 Å². The fourth-order valence-corrected chi connectivity index (χ4v) is 1.48. The molecule has 2 nitrogen and oxygen atoms in total. The third-order valence-electron chi connectivity index (χ3n) is 2.45. The van der Waals surface area contributed by atoms with Crippen molar-refractivity contribution in [1.82, 2.24) is 0 Å². The molecule has 1 rings (SSSR count). The minimum atomic E-state index is -0.259. The summed E-state index contributed by atoms with van der Waals surface area (Å²) in [7, 11) is 0. The quantitative estimate of drug-likeness (QED) is 0.406. The van der Waals surface area contributed by atoms with E-state index in [1.165, 1.54) is 18.9 Å². The Balaban J connectivity index is 2.19. The van der Waals surface area contributed by atoms with Gasteiger partial charge in [0.1, 0.15) is 0 Å². The Bertz CT molecular complexity index is 341. The third-order valence-corrected chi connectivity index (χ3v) is 2.45. The molecule has 0 saturated carbocycles. The second kappa shape index (κ2) is 8.57. The monoisotopic (exact) mass is 232 g/mol. The molecule has 0 aromatic heterocycles. The van der Waals surface area contributed by atoms with E-state index in [-0.39, 0.29) is 5.97 Å². The zero-order valence-corrected chi connectivity index (χ0v) is 10.4. The Morgan fingerprint density at radius 3 is 2.65 bits per heavy atom. The van der Waals surface area contributed by atoms with Crippen molar-refractivity contribution >= 4 is 12.0 Å². The number of unbranched alkanes of at least 4 members (excludes halogenated alkanes) is 3. The summed E-state index contributed by atoms with van der Waals surface area (Å²) in [6.45, 7) is 2.69. The normalized spacial score (nSPS) is 10.6. The van der Waals surface area contributed by atoms with Gasteiger partial charge in [-0.05, 0) is 18.1 Å². The van der Waals surface area contributed by atoms with Gasteiger partial charge in [-0.25, -0.2) is 4.79 Å². The van der Waals surface area contributed by atoms with Crippen LogP contribution in [0.25, 0.3) is 6.08 Å². The first-order valence-electron chi connectivity index (χ1n) is 6.23. The number of carbonyl (C=O) groups is 1. The smallest absolute Gasteiger partial charge is 0.330 e. The largest absolute Gasteiger partial charge is 0.463 e. The molecule has 0 atom stereocenters.